The molecule has 0 heterocycles. The van der Waals surface area contributed by atoms with E-state index in [1.807, 2.05) is 0 Å². The Bertz CT molecular complexity index is 189. The van der Waals surface area contributed by atoms with Crippen LogP contribution in [0.25, 0.3) is 0 Å². The van der Waals surface area contributed by atoms with Gasteiger partial charge in [-0.2, -0.15) is 0 Å². The van der Waals surface area contributed by atoms with Crippen LogP contribution in [-0.2, 0) is 14.3 Å². The topological polar surface area (TPSA) is 124 Å². The number of carbonyl (C=O) groups excluding carboxylic acids is 1. The maximum absolute atomic E-state index is 10.6. The van der Waals surface area contributed by atoms with Crippen LogP contribution in [-0.4, -0.2) is 57.8 Å². The fourth-order valence-electron chi connectivity index (χ4n) is 0.496. The lowest BCUT2D eigenvalue weighted by Gasteiger charge is -2.12. The molecule has 0 amide bonds. The van der Waals surface area contributed by atoms with Crippen LogP contribution in [0.3, 0.4) is 0 Å². The van der Waals surface area contributed by atoms with Crippen molar-refractivity contribution in [2.75, 3.05) is 13.2 Å². The van der Waals surface area contributed by atoms with E-state index in [2.05, 4.69) is 4.74 Å². The Morgan fingerprint density at radius 3 is 2.15 bits per heavy atom. The van der Waals surface area contributed by atoms with Crippen molar-refractivity contribution in [1.82, 2.24) is 0 Å². The molecule has 76 valence electrons. The maximum Gasteiger partial charge on any atom is 0.338 e. The van der Waals surface area contributed by atoms with Gasteiger partial charge in [0.1, 0.15) is 6.61 Å². The molecule has 0 spiro atoms. The predicted octanol–water partition coefficient (Wildman–Crippen LogP) is -2.67. The summed E-state index contributed by atoms with van der Waals surface area (Å²) >= 11 is 0. The molecule has 0 fully saturated rings. The summed E-state index contributed by atoms with van der Waals surface area (Å²) in [7, 11) is 0. The van der Waals surface area contributed by atoms with Crippen molar-refractivity contribution in [1.29, 1.82) is 0 Å². The first-order valence-corrected chi connectivity index (χ1v) is 3.37. The molecule has 7 heteroatoms. The molecular formula is C6H10O7. The molecule has 0 saturated carbocycles. The lowest BCUT2D eigenvalue weighted by molar-refractivity contribution is -0.170. The number of aliphatic carboxylic acids is 1. The number of carboxylic acids is 1. The Morgan fingerprint density at radius 1 is 1.23 bits per heavy atom. The van der Waals surface area contributed by atoms with Crippen LogP contribution in [0.5, 0.6) is 0 Å². The number of aliphatic hydroxyl groups is 3. The van der Waals surface area contributed by atoms with Gasteiger partial charge in [-0.3, -0.25) is 0 Å². The quantitative estimate of drug-likeness (QED) is 0.352. The highest BCUT2D eigenvalue weighted by Gasteiger charge is 2.31. The van der Waals surface area contributed by atoms with E-state index in [-0.39, 0.29) is 6.61 Å². The van der Waals surface area contributed by atoms with Crippen LogP contribution in [0.1, 0.15) is 0 Å². The SMILES string of the molecule is O=C(O)C(O)C(O)C(=O)OCCO. The Hall–Kier alpha value is -1.18. The number of ether oxygens (including phenoxy) is 1. The molecule has 0 aromatic heterocycles. The standard InChI is InChI=1S/C6H10O7/c7-1-2-13-6(12)4(9)3(8)5(10)11/h3-4,7-9H,1-2H2,(H,10,11). The number of hydrogen-bond acceptors (Lipinski definition) is 6. The number of carbonyl (C=O) groups is 2. The van der Waals surface area contributed by atoms with Gasteiger partial charge in [-0.05, 0) is 0 Å². The summed E-state index contributed by atoms with van der Waals surface area (Å²) in [6.45, 7) is -0.802. The molecule has 0 aliphatic rings. The third-order valence-electron chi connectivity index (χ3n) is 1.13. The van der Waals surface area contributed by atoms with Crippen LogP contribution >= 0.6 is 0 Å². The Kier molecular flexibility index (Phi) is 4.97. The van der Waals surface area contributed by atoms with Gasteiger partial charge < -0.3 is 25.2 Å². The number of esters is 1. The molecule has 4 N–H and O–H groups in total. The van der Waals surface area contributed by atoms with E-state index in [4.69, 9.17) is 20.4 Å². The summed E-state index contributed by atoms with van der Waals surface area (Å²) in [4.78, 5) is 20.7. The van der Waals surface area contributed by atoms with Crippen LogP contribution < -0.4 is 0 Å². The van der Waals surface area contributed by atoms with Crippen LogP contribution in [0.2, 0.25) is 0 Å². The van der Waals surface area contributed by atoms with E-state index >= 15 is 0 Å². The highest BCUT2D eigenvalue weighted by atomic mass is 16.6. The zero-order chi connectivity index (χ0) is 10.4. The minimum atomic E-state index is -2.22. The monoisotopic (exact) mass is 194 g/mol. The van der Waals surface area contributed by atoms with E-state index in [1.54, 1.807) is 0 Å². The van der Waals surface area contributed by atoms with Gasteiger partial charge in [-0.1, -0.05) is 0 Å². The van der Waals surface area contributed by atoms with Gasteiger partial charge in [0, 0.05) is 0 Å². The molecule has 7 nitrogen and oxygen atoms in total. The number of hydrogen-bond donors (Lipinski definition) is 4. The number of carboxylic acid groups (broad SMARTS) is 1. The molecule has 0 saturated heterocycles. The van der Waals surface area contributed by atoms with Crippen LogP contribution in [0, 0.1) is 0 Å². The van der Waals surface area contributed by atoms with Crippen molar-refractivity contribution in [3.05, 3.63) is 0 Å². The van der Waals surface area contributed by atoms with Crippen molar-refractivity contribution >= 4 is 11.9 Å². The fraction of sp³-hybridized carbons (Fsp3) is 0.667. The second-order valence-corrected chi connectivity index (χ2v) is 2.12. The lowest BCUT2D eigenvalue weighted by atomic mass is 10.2. The van der Waals surface area contributed by atoms with Gasteiger partial charge in [0.05, 0.1) is 6.61 Å². The van der Waals surface area contributed by atoms with Crippen molar-refractivity contribution in [3.63, 3.8) is 0 Å². The minimum absolute atomic E-state index is 0.359. The largest absolute Gasteiger partial charge is 0.479 e. The first kappa shape index (κ1) is 11.8. The van der Waals surface area contributed by atoms with Crippen molar-refractivity contribution in [2.45, 2.75) is 12.2 Å². The van der Waals surface area contributed by atoms with E-state index < -0.39 is 30.8 Å². The summed E-state index contributed by atoms with van der Waals surface area (Å²) < 4.78 is 4.16. The average Bonchev–Trinajstić information content (AvgIpc) is 2.11. The molecule has 0 aliphatic carbocycles. The summed E-state index contributed by atoms with van der Waals surface area (Å²) in [5.74, 6) is -3.02. The first-order valence-electron chi connectivity index (χ1n) is 3.37. The van der Waals surface area contributed by atoms with Crippen molar-refractivity contribution in [3.8, 4) is 0 Å². The highest BCUT2D eigenvalue weighted by molar-refractivity contribution is 5.84. The Labute approximate surface area is 73.2 Å². The summed E-state index contributed by atoms with van der Waals surface area (Å²) in [6.07, 6.45) is -4.35. The smallest absolute Gasteiger partial charge is 0.338 e. The summed E-state index contributed by atoms with van der Waals surface area (Å²) in [6, 6.07) is 0. The van der Waals surface area contributed by atoms with E-state index in [0.29, 0.717) is 0 Å². The van der Waals surface area contributed by atoms with E-state index in [1.165, 1.54) is 0 Å². The molecule has 0 aliphatic heterocycles. The van der Waals surface area contributed by atoms with Crippen LogP contribution in [0.15, 0.2) is 0 Å². The van der Waals surface area contributed by atoms with E-state index in [9.17, 15) is 9.59 Å². The van der Waals surface area contributed by atoms with Gasteiger partial charge >= 0.3 is 11.9 Å². The second-order valence-electron chi connectivity index (χ2n) is 2.12. The second kappa shape index (κ2) is 5.46. The minimum Gasteiger partial charge on any atom is -0.479 e. The molecule has 0 radical (unpaired) electrons. The van der Waals surface area contributed by atoms with Crippen molar-refractivity contribution < 1.29 is 34.8 Å². The Balaban J connectivity index is 4.01. The molecular weight excluding hydrogens is 184 g/mol. The first-order chi connectivity index (χ1) is 6.00. The molecule has 0 aromatic rings. The van der Waals surface area contributed by atoms with Crippen molar-refractivity contribution in [2.24, 2.45) is 0 Å². The van der Waals surface area contributed by atoms with E-state index in [0.717, 1.165) is 0 Å². The fourth-order valence-corrected chi connectivity index (χ4v) is 0.496. The molecule has 2 unspecified atom stereocenters. The molecule has 0 bridgehead atoms. The molecule has 13 heavy (non-hydrogen) atoms. The molecule has 0 aromatic carbocycles. The zero-order valence-electron chi connectivity index (χ0n) is 6.58. The van der Waals surface area contributed by atoms with Gasteiger partial charge in [0.2, 0.25) is 0 Å². The zero-order valence-corrected chi connectivity index (χ0v) is 6.58. The molecule has 2 atom stereocenters. The normalized spacial score (nSPS) is 14.7. The molecule has 0 rings (SSSR count). The maximum atomic E-state index is 10.6. The van der Waals surface area contributed by atoms with Gasteiger partial charge in [-0.15, -0.1) is 0 Å². The third kappa shape index (κ3) is 3.83. The predicted molar refractivity (Wildman–Crippen MR) is 37.7 cm³/mol. The summed E-state index contributed by atoms with van der Waals surface area (Å²) in [5, 5.41) is 33.8. The average molecular weight is 194 g/mol. The number of rotatable bonds is 5. The van der Waals surface area contributed by atoms with Gasteiger partial charge in [0.25, 0.3) is 0 Å². The lowest BCUT2D eigenvalue weighted by Crippen LogP contribution is -2.40. The highest BCUT2D eigenvalue weighted by Crippen LogP contribution is 1.96. The Morgan fingerprint density at radius 2 is 1.77 bits per heavy atom. The third-order valence-corrected chi connectivity index (χ3v) is 1.13. The van der Waals surface area contributed by atoms with Gasteiger partial charge in [0.15, 0.2) is 12.2 Å². The summed E-state index contributed by atoms with van der Waals surface area (Å²) in [5.41, 5.74) is 0. The van der Waals surface area contributed by atoms with Crippen LogP contribution in [0.4, 0.5) is 0 Å². The van der Waals surface area contributed by atoms with Gasteiger partial charge in [-0.25, -0.2) is 9.59 Å². The number of aliphatic hydroxyl groups excluding tert-OH is 3.